The molecule has 0 heterocycles. The molecule has 4 aromatic rings. The highest BCUT2D eigenvalue weighted by atomic mass is 19.2. The minimum Gasteiger partial charge on any atom is -0.204 e. The first-order valence-corrected chi connectivity index (χ1v) is 17.4. The van der Waals surface area contributed by atoms with Gasteiger partial charge in [0.05, 0.1) is 0 Å². The predicted molar refractivity (Wildman–Crippen MR) is 183 cm³/mol. The molecule has 0 radical (unpaired) electrons. The molecule has 0 amide bonds. The molecular formula is C42H46F6. The van der Waals surface area contributed by atoms with Gasteiger partial charge in [0.2, 0.25) is 0 Å². The molecule has 0 N–H and O–H groups in total. The topological polar surface area (TPSA) is 0 Å². The van der Waals surface area contributed by atoms with Crippen molar-refractivity contribution in [2.45, 2.75) is 90.9 Å². The summed E-state index contributed by atoms with van der Waals surface area (Å²) in [5, 5.41) is 0. The molecule has 6 heteroatoms. The van der Waals surface area contributed by atoms with Crippen LogP contribution in [0.15, 0.2) is 72.8 Å². The zero-order valence-corrected chi connectivity index (χ0v) is 28.3. The van der Waals surface area contributed by atoms with Crippen LogP contribution in [-0.2, 0) is 0 Å². The summed E-state index contributed by atoms with van der Waals surface area (Å²) in [4.78, 5) is 0. The van der Waals surface area contributed by atoms with Crippen LogP contribution in [0.1, 0.15) is 102 Å². The smallest absolute Gasteiger partial charge is 0.194 e. The minimum atomic E-state index is -1.42. The average Bonchev–Trinajstić information content (AvgIpc) is 3.09. The molecule has 256 valence electrons. The van der Waals surface area contributed by atoms with E-state index in [1.54, 1.807) is 0 Å². The zero-order chi connectivity index (χ0) is 34.5. The van der Waals surface area contributed by atoms with Gasteiger partial charge in [-0.05, 0) is 145 Å². The first kappa shape index (κ1) is 35.8. The Kier molecular flexibility index (Phi) is 11.8. The fourth-order valence-electron chi connectivity index (χ4n) is 7.58. The molecule has 6 rings (SSSR count). The van der Waals surface area contributed by atoms with Crippen molar-refractivity contribution in [3.63, 3.8) is 0 Å². The first-order chi connectivity index (χ1) is 22.9. The Morgan fingerprint density at radius 3 is 0.917 bits per heavy atom. The maximum Gasteiger partial charge on any atom is 0.194 e. The van der Waals surface area contributed by atoms with Crippen LogP contribution in [0, 0.1) is 58.6 Å². The number of hydrogen-bond acceptors (Lipinski definition) is 0. The van der Waals surface area contributed by atoms with Crippen LogP contribution in [0.25, 0.3) is 22.3 Å². The van der Waals surface area contributed by atoms with Crippen LogP contribution >= 0.6 is 0 Å². The maximum atomic E-state index is 13.4. The molecule has 2 aliphatic carbocycles. The highest BCUT2D eigenvalue weighted by Crippen LogP contribution is 2.40. The highest BCUT2D eigenvalue weighted by molar-refractivity contribution is 5.65. The Balaban J connectivity index is 0.000000188. The van der Waals surface area contributed by atoms with Crippen LogP contribution in [0.3, 0.4) is 0 Å². The fraction of sp³-hybridized carbons (Fsp3) is 0.429. The monoisotopic (exact) mass is 664 g/mol. The summed E-state index contributed by atoms with van der Waals surface area (Å²) in [5.74, 6) is -3.17. The lowest BCUT2D eigenvalue weighted by atomic mass is 9.74. The van der Waals surface area contributed by atoms with Gasteiger partial charge in [-0.3, -0.25) is 0 Å². The van der Waals surface area contributed by atoms with Gasteiger partial charge in [-0.25, -0.2) is 26.3 Å². The molecule has 4 aromatic carbocycles. The standard InChI is InChI=1S/2C21H23F3/c2*1-13(2)14-3-5-15(6-4-14)16-7-9-17(10-8-16)18-11-19(22)21(24)20(23)12-18/h2*7-15H,3-6H2,1-2H3. The lowest BCUT2D eigenvalue weighted by molar-refractivity contribution is 0.259. The summed E-state index contributed by atoms with van der Waals surface area (Å²) in [5.41, 5.74) is 4.69. The molecule has 0 atom stereocenters. The molecule has 2 fully saturated rings. The molecule has 0 spiro atoms. The second kappa shape index (κ2) is 15.8. The number of benzene rings is 4. The summed E-state index contributed by atoms with van der Waals surface area (Å²) in [6, 6.07) is 19.8. The van der Waals surface area contributed by atoms with E-state index in [2.05, 4.69) is 27.7 Å². The molecular weight excluding hydrogens is 618 g/mol. The van der Waals surface area contributed by atoms with E-state index < -0.39 is 34.9 Å². The van der Waals surface area contributed by atoms with Crippen LogP contribution in [0.4, 0.5) is 26.3 Å². The van der Waals surface area contributed by atoms with E-state index >= 15 is 0 Å². The molecule has 2 aliphatic rings. The second-order valence-electron chi connectivity index (χ2n) is 14.5. The molecule has 0 bridgehead atoms. The van der Waals surface area contributed by atoms with Crippen molar-refractivity contribution < 1.29 is 26.3 Å². The maximum absolute atomic E-state index is 13.4. The van der Waals surface area contributed by atoms with E-state index in [4.69, 9.17) is 0 Å². The third-order valence-electron chi connectivity index (χ3n) is 10.8. The minimum absolute atomic E-state index is 0.362. The van der Waals surface area contributed by atoms with Crippen molar-refractivity contribution in [3.8, 4) is 22.3 Å². The summed E-state index contributed by atoms with van der Waals surface area (Å²) in [6.07, 6.45) is 9.84. The van der Waals surface area contributed by atoms with Crippen LogP contribution in [0.2, 0.25) is 0 Å². The van der Waals surface area contributed by atoms with Gasteiger partial charge in [0.1, 0.15) is 0 Å². The third kappa shape index (κ3) is 8.54. The summed E-state index contributed by atoms with van der Waals surface area (Å²) >= 11 is 0. The Labute approximate surface area is 281 Å². The Morgan fingerprint density at radius 2 is 0.667 bits per heavy atom. The van der Waals surface area contributed by atoms with Gasteiger partial charge in [-0.1, -0.05) is 76.2 Å². The van der Waals surface area contributed by atoms with Crippen molar-refractivity contribution >= 4 is 0 Å². The van der Waals surface area contributed by atoms with Gasteiger partial charge in [-0.15, -0.1) is 0 Å². The highest BCUT2D eigenvalue weighted by Gasteiger charge is 2.25. The lowest BCUT2D eigenvalue weighted by Gasteiger charge is -2.31. The molecule has 0 saturated heterocycles. The third-order valence-corrected chi connectivity index (χ3v) is 10.8. The summed E-state index contributed by atoms with van der Waals surface area (Å²) < 4.78 is 79.7. The van der Waals surface area contributed by atoms with E-state index in [1.807, 2.05) is 48.5 Å². The molecule has 0 nitrogen and oxygen atoms in total. The molecule has 2 saturated carbocycles. The second-order valence-corrected chi connectivity index (χ2v) is 14.5. The molecule has 0 unspecified atom stereocenters. The van der Waals surface area contributed by atoms with E-state index in [0.29, 0.717) is 34.1 Å². The lowest BCUT2D eigenvalue weighted by Crippen LogP contribution is -2.17. The SMILES string of the molecule is CC(C)C1CCC(c2ccc(-c3cc(F)c(F)c(F)c3)cc2)CC1.CC(C)C1CCC(c2ccc(-c3cc(F)c(F)c(F)c3)cc2)CC1. The van der Waals surface area contributed by atoms with Crippen molar-refractivity contribution in [1.82, 2.24) is 0 Å². The normalized spacial score (nSPS) is 21.2. The first-order valence-electron chi connectivity index (χ1n) is 17.4. The van der Waals surface area contributed by atoms with Gasteiger partial charge in [0.15, 0.2) is 34.9 Å². The summed E-state index contributed by atoms with van der Waals surface area (Å²) in [6.45, 7) is 9.17. The van der Waals surface area contributed by atoms with E-state index in [9.17, 15) is 26.3 Å². The summed E-state index contributed by atoms with van der Waals surface area (Å²) in [7, 11) is 0. The number of hydrogen-bond donors (Lipinski definition) is 0. The van der Waals surface area contributed by atoms with Gasteiger partial charge < -0.3 is 0 Å². The molecule has 48 heavy (non-hydrogen) atoms. The average molecular weight is 665 g/mol. The van der Waals surface area contributed by atoms with E-state index in [1.165, 1.54) is 62.5 Å². The van der Waals surface area contributed by atoms with Crippen LogP contribution in [-0.4, -0.2) is 0 Å². The van der Waals surface area contributed by atoms with Crippen molar-refractivity contribution in [3.05, 3.63) is 119 Å². The largest absolute Gasteiger partial charge is 0.204 e. The van der Waals surface area contributed by atoms with E-state index in [0.717, 1.165) is 47.9 Å². The Hall–Kier alpha value is -3.54. The van der Waals surface area contributed by atoms with Crippen molar-refractivity contribution in [2.75, 3.05) is 0 Å². The quantitative estimate of drug-likeness (QED) is 0.142. The van der Waals surface area contributed by atoms with E-state index in [-0.39, 0.29) is 0 Å². The fourth-order valence-corrected chi connectivity index (χ4v) is 7.58. The van der Waals surface area contributed by atoms with Crippen molar-refractivity contribution in [2.24, 2.45) is 23.7 Å². The number of halogens is 6. The van der Waals surface area contributed by atoms with Gasteiger partial charge >= 0.3 is 0 Å². The molecule has 0 aliphatic heterocycles. The Morgan fingerprint density at radius 1 is 0.396 bits per heavy atom. The zero-order valence-electron chi connectivity index (χ0n) is 28.3. The van der Waals surface area contributed by atoms with Gasteiger partial charge in [-0.2, -0.15) is 0 Å². The predicted octanol–water partition coefficient (Wildman–Crippen LogP) is 13.4. The molecule has 0 aromatic heterocycles. The van der Waals surface area contributed by atoms with Crippen LogP contribution in [0.5, 0.6) is 0 Å². The van der Waals surface area contributed by atoms with Crippen molar-refractivity contribution in [1.29, 1.82) is 0 Å². The van der Waals surface area contributed by atoms with Crippen LogP contribution < -0.4 is 0 Å². The van der Waals surface area contributed by atoms with Gasteiger partial charge in [0.25, 0.3) is 0 Å². The van der Waals surface area contributed by atoms with Gasteiger partial charge in [0, 0.05) is 0 Å². The Bertz CT molecular complexity index is 1470. The number of rotatable bonds is 6.